The van der Waals surface area contributed by atoms with E-state index in [4.69, 9.17) is 22.9 Å². The van der Waals surface area contributed by atoms with Crippen molar-refractivity contribution in [2.45, 2.75) is 206 Å². The van der Waals surface area contributed by atoms with Gasteiger partial charge >= 0.3 is 0 Å². The Morgan fingerprint density at radius 2 is 1.19 bits per heavy atom. The maximum atomic E-state index is 15.4. The van der Waals surface area contributed by atoms with E-state index in [1.54, 1.807) is 54.5 Å². The Labute approximate surface area is 530 Å². The van der Waals surface area contributed by atoms with Crippen molar-refractivity contribution in [2.24, 2.45) is 57.0 Å². The summed E-state index contributed by atoms with van der Waals surface area (Å²) in [6.07, 6.45) is -5.95. The van der Waals surface area contributed by atoms with Crippen LogP contribution in [-0.2, 0) is 57.5 Å². The largest absolute Gasteiger partial charge is 0.394 e. The number of benzene rings is 1. The summed E-state index contributed by atoms with van der Waals surface area (Å²) < 4.78 is 0. The lowest BCUT2D eigenvalue weighted by atomic mass is 9.87. The number of aliphatic hydroxyl groups is 4. The summed E-state index contributed by atoms with van der Waals surface area (Å²) in [4.78, 5) is 175. The molecule has 0 bridgehead atoms. The Morgan fingerprint density at radius 3 is 1.71 bits per heavy atom. The second-order valence-corrected chi connectivity index (χ2v) is 25.3. The number of aliphatic imine (C=N–C) groups is 1. The number of nitrogens with two attached hydrogens (primary N) is 4. The van der Waals surface area contributed by atoms with Crippen LogP contribution in [0.4, 0.5) is 0 Å². The van der Waals surface area contributed by atoms with Crippen molar-refractivity contribution in [3.05, 3.63) is 35.9 Å². The van der Waals surface area contributed by atoms with Crippen LogP contribution in [0.5, 0.6) is 0 Å². The monoisotopic (exact) mass is 1290 g/mol. The van der Waals surface area contributed by atoms with Crippen LogP contribution in [0.25, 0.3) is 0 Å². The molecule has 0 unspecified atom stereocenters. The fourth-order valence-electron chi connectivity index (χ4n) is 9.50. The smallest absolute Gasteiger partial charge is 0.248 e. The number of hydrogen-bond acceptors (Lipinski definition) is 18. The minimum Gasteiger partial charge on any atom is -0.394 e. The molecule has 23 N–H and O–H groups in total. The van der Waals surface area contributed by atoms with Gasteiger partial charge in [0.1, 0.15) is 54.4 Å². The second kappa shape index (κ2) is 37.3. The van der Waals surface area contributed by atoms with Crippen LogP contribution < -0.4 is 81.4 Å². The lowest BCUT2D eigenvalue weighted by Gasteiger charge is -2.35. The molecule has 0 saturated carbocycles. The molecule has 1 saturated heterocycles. The number of primary amides is 1. The van der Waals surface area contributed by atoms with Crippen LogP contribution in [-0.4, -0.2) is 196 Å². The summed E-state index contributed by atoms with van der Waals surface area (Å²) in [5.41, 5.74) is 22.0. The molecule has 1 fully saturated rings. The van der Waals surface area contributed by atoms with Crippen LogP contribution in [0.15, 0.2) is 35.3 Å². The standard InChI is InChI=1S/C59H100N16O16/c1-13-30(8)39-54(88)72-40(31(9)77)53(87)65-25-38(78)70-44(46(80)47(61)81)57(91)69-37(26-76)52(86)73-41(32-18-15-14-16-19-32)42(74-51(85)36(24-59(10,11)12)68-48(82)33(60)22-27(2)3)55(89)75-43(45(79)29(6)7)56(90)67-35(23-28(4)5)50(84)66-34(49(83)71-39)20-17-21-64-58(62)63/h14-16,18-19,27-31,33-37,39-46,76-77,79-80H,13,17,20-26,60H2,1-12H3,(H2,61,81)(H,65,87)(H,66,84)(H,67,90)(H,68,82)(H,69,91)(H,70,78)(H,71,83)(H,72,88)(H,73,86)(H,74,85)(H,75,89)(H4,62,63,64)/t30-,31-,33+,34+,35-,36-,37-,39-,40-,41+,42-,43-,44-,45+,46-/m0/s1. The van der Waals surface area contributed by atoms with Crippen molar-refractivity contribution in [3.8, 4) is 0 Å². The molecule has 12 amide bonds. The highest BCUT2D eigenvalue weighted by Gasteiger charge is 2.43. The molecule has 1 aliphatic rings. The van der Waals surface area contributed by atoms with E-state index in [0.29, 0.717) is 0 Å². The molecule has 512 valence electrons. The van der Waals surface area contributed by atoms with Crippen LogP contribution >= 0.6 is 0 Å². The van der Waals surface area contributed by atoms with Gasteiger partial charge in [0.2, 0.25) is 70.9 Å². The molecule has 91 heavy (non-hydrogen) atoms. The maximum Gasteiger partial charge on any atom is 0.248 e. The minimum atomic E-state index is -2.56. The first-order valence-corrected chi connectivity index (χ1v) is 30.4. The minimum absolute atomic E-state index is 0.0366. The molecule has 0 aliphatic carbocycles. The Bertz CT molecular complexity index is 2690. The molecule has 1 heterocycles. The molecule has 1 aliphatic heterocycles. The lowest BCUT2D eigenvalue weighted by molar-refractivity contribution is -0.140. The topological polar surface area (TPSA) is 535 Å². The Hall–Kier alpha value is -8.07. The summed E-state index contributed by atoms with van der Waals surface area (Å²) >= 11 is 0. The number of amides is 12. The van der Waals surface area contributed by atoms with E-state index in [9.17, 15) is 73.2 Å². The molecule has 0 spiro atoms. The van der Waals surface area contributed by atoms with Gasteiger partial charge in [0.05, 0.1) is 37.4 Å². The summed E-state index contributed by atoms with van der Waals surface area (Å²) in [6.45, 7) is 17.3. The van der Waals surface area contributed by atoms with E-state index in [1.807, 2.05) is 19.2 Å². The molecular formula is C59H100N16O16. The average Bonchev–Trinajstić information content (AvgIpc) is 1.10. The summed E-state index contributed by atoms with van der Waals surface area (Å²) in [6, 6.07) is -12.0. The molecule has 15 atom stereocenters. The van der Waals surface area contributed by atoms with E-state index < -0.39 is 186 Å². The van der Waals surface area contributed by atoms with E-state index in [-0.39, 0.29) is 68.4 Å². The number of carbonyl (C=O) groups excluding carboxylic acids is 12. The van der Waals surface area contributed by atoms with Gasteiger partial charge < -0.3 is 102 Å². The van der Waals surface area contributed by atoms with Crippen molar-refractivity contribution in [3.63, 3.8) is 0 Å². The van der Waals surface area contributed by atoms with Gasteiger partial charge in [0.15, 0.2) is 12.1 Å². The summed E-state index contributed by atoms with van der Waals surface area (Å²) in [5.74, 6) is -16.4. The third-order valence-corrected chi connectivity index (χ3v) is 14.7. The fourth-order valence-corrected chi connectivity index (χ4v) is 9.50. The SMILES string of the molecule is CC[C@H](C)[C@@H]1NC(=O)[C@@H](CCCN=C(N)N)NC(=O)[C@H](CC(C)C)NC(=O)[C@H]([C@H](O)C(C)C)NC(=O)[C@@H](NC(=O)[C@H](CC(C)(C)C)NC(=O)[C@H](N)CC(C)C)[C@@H](c2ccccc2)NC(=O)[C@H](CO)NC(=O)[C@H]([C@H](O)C(N)=O)NC(=O)CNC(=O)[C@H]([C@H](C)O)NC1=O. The highest BCUT2D eigenvalue weighted by molar-refractivity contribution is 6.00. The quantitative estimate of drug-likeness (QED) is 0.0293. The molecule has 0 radical (unpaired) electrons. The summed E-state index contributed by atoms with van der Waals surface area (Å²) in [5, 5.41) is 71.0. The predicted molar refractivity (Wildman–Crippen MR) is 333 cm³/mol. The van der Waals surface area contributed by atoms with Gasteiger partial charge in [-0.2, -0.15) is 0 Å². The van der Waals surface area contributed by atoms with E-state index >= 15 is 4.79 Å². The van der Waals surface area contributed by atoms with Crippen LogP contribution in [0.1, 0.15) is 133 Å². The first-order chi connectivity index (χ1) is 42.3. The number of rotatable bonds is 22. The average molecular weight is 1290 g/mol. The van der Waals surface area contributed by atoms with Crippen molar-refractivity contribution in [1.82, 2.24) is 58.5 Å². The van der Waals surface area contributed by atoms with Crippen molar-refractivity contribution in [1.29, 1.82) is 0 Å². The first kappa shape index (κ1) is 79.0. The third kappa shape index (κ3) is 26.4. The highest BCUT2D eigenvalue weighted by Crippen LogP contribution is 2.24. The number of aliphatic hydroxyl groups excluding tert-OH is 4. The van der Waals surface area contributed by atoms with E-state index in [2.05, 4.69) is 58.2 Å². The zero-order valence-electron chi connectivity index (χ0n) is 54.1. The number of carbonyl (C=O) groups is 12. The van der Waals surface area contributed by atoms with Crippen molar-refractivity contribution >= 4 is 76.8 Å². The van der Waals surface area contributed by atoms with Crippen molar-refractivity contribution < 1.29 is 78.0 Å². The third-order valence-electron chi connectivity index (χ3n) is 14.7. The van der Waals surface area contributed by atoms with E-state index in [1.165, 1.54) is 38.1 Å². The highest BCUT2D eigenvalue weighted by atomic mass is 16.3. The number of nitrogens with one attached hydrogen (secondary N) is 11. The molecule has 1 aromatic carbocycles. The molecule has 2 rings (SSSR count). The van der Waals surface area contributed by atoms with Gasteiger partial charge in [-0.25, -0.2) is 0 Å². The van der Waals surface area contributed by atoms with Gasteiger partial charge in [0.25, 0.3) is 0 Å². The zero-order chi connectivity index (χ0) is 69.4. The molecule has 32 nitrogen and oxygen atoms in total. The Balaban J connectivity index is 3.15. The van der Waals surface area contributed by atoms with Crippen LogP contribution in [0.2, 0.25) is 0 Å². The van der Waals surface area contributed by atoms with Crippen LogP contribution in [0.3, 0.4) is 0 Å². The predicted octanol–water partition coefficient (Wildman–Crippen LogP) is -5.47. The molecule has 0 aromatic heterocycles. The van der Waals surface area contributed by atoms with E-state index in [0.717, 1.165) is 6.92 Å². The van der Waals surface area contributed by atoms with Gasteiger partial charge in [0, 0.05) is 6.54 Å². The zero-order valence-corrected chi connectivity index (χ0v) is 54.1. The maximum absolute atomic E-state index is 15.4. The lowest BCUT2D eigenvalue weighted by Crippen LogP contribution is -2.65. The van der Waals surface area contributed by atoms with Crippen molar-refractivity contribution in [2.75, 3.05) is 19.7 Å². The van der Waals surface area contributed by atoms with Gasteiger partial charge in [-0.1, -0.05) is 113 Å². The molecular weight excluding hydrogens is 1190 g/mol. The summed E-state index contributed by atoms with van der Waals surface area (Å²) in [7, 11) is 0. The van der Waals surface area contributed by atoms with Gasteiger partial charge in [-0.15, -0.1) is 0 Å². The molecule has 32 heteroatoms. The normalized spacial score (nSPS) is 24.7. The van der Waals surface area contributed by atoms with Gasteiger partial charge in [-0.05, 0) is 73.7 Å². The Morgan fingerprint density at radius 1 is 0.648 bits per heavy atom. The van der Waals surface area contributed by atoms with Crippen LogP contribution in [0, 0.1) is 29.1 Å². The number of guanidine groups is 1. The number of hydrogen-bond donors (Lipinski definition) is 19. The number of nitrogens with zero attached hydrogens (tertiary/aromatic N) is 1. The fraction of sp³-hybridized carbons (Fsp3) is 0.678. The molecule has 1 aromatic rings. The Kier molecular flexibility index (Phi) is 32.4. The van der Waals surface area contributed by atoms with Gasteiger partial charge in [-0.3, -0.25) is 62.5 Å². The second-order valence-electron chi connectivity index (χ2n) is 25.3. The first-order valence-electron chi connectivity index (χ1n) is 30.4.